The molecule has 0 spiro atoms. The molecule has 2 N–H and O–H groups in total. The van der Waals surface area contributed by atoms with E-state index in [1.165, 1.54) is 0 Å². The first-order valence-electron chi connectivity index (χ1n) is 6.21. The third-order valence-electron chi connectivity index (χ3n) is 2.95. The van der Waals surface area contributed by atoms with Crippen LogP contribution in [0, 0.1) is 5.41 Å². The number of carbonyl (C=O) groups is 1. The second-order valence-electron chi connectivity index (χ2n) is 5.12. The quantitative estimate of drug-likeness (QED) is 0.876. The van der Waals surface area contributed by atoms with Crippen molar-refractivity contribution in [2.75, 3.05) is 26.7 Å². The van der Waals surface area contributed by atoms with Crippen LogP contribution in [-0.4, -0.2) is 37.6 Å². The van der Waals surface area contributed by atoms with Gasteiger partial charge in [0, 0.05) is 18.6 Å². The Labute approximate surface area is 131 Å². The summed E-state index contributed by atoms with van der Waals surface area (Å²) in [6.45, 7) is 4.96. The number of likely N-dealkylation sites (N-methyl/N-ethyl adjacent to an activating group) is 1. The number of amides is 1. The van der Waals surface area contributed by atoms with Gasteiger partial charge < -0.3 is 15.4 Å². The second-order valence-corrected chi connectivity index (χ2v) is 5.55. The molecular weight excluding hydrogens is 299 g/mol. The molecule has 20 heavy (non-hydrogen) atoms. The van der Waals surface area contributed by atoms with Crippen LogP contribution in [0.15, 0.2) is 24.3 Å². The molecule has 0 radical (unpaired) electrons. The smallest absolute Gasteiger partial charge is 0.229 e. The highest BCUT2D eigenvalue weighted by Crippen LogP contribution is 2.17. The third kappa shape index (κ3) is 5.57. The summed E-state index contributed by atoms with van der Waals surface area (Å²) in [5, 5.41) is 0.671. The zero-order valence-electron chi connectivity index (χ0n) is 12.1. The third-order valence-corrected chi connectivity index (χ3v) is 3.20. The van der Waals surface area contributed by atoms with E-state index in [4.69, 9.17) is 22.1 Å². The molecule has 0 fully saturated rings. The number of nitrogens with two attached hydrogens (primary N) is 1. The van der Waals surface area contributed by atoms with Gasteiger partial charge in [0.2, 0.25) is 5.91 Å². The average molecular weight is 321 g/mol. The maximum atomic E-state index is 12.1. The molecule has 0 atom stereocenters. The molecule has 4 nitrogen and oxygen atoms in total. The van der Waals surface area contributed by atoms with Crippen molar-refractivity contribution in [2.45, 2.75) is 13.8 Å². The first-order valence-corrected chi connectivity index (χ1v) is 6.58. The summed E-state index contributed by atoms with van der Waals surface area (Å²) < 4.78 is 5.54. The number of nitrogens with zero attached hydrogens (tertiary/aromatic N) is 1. The van der Waals surface area contributed by atoms with Gasteiger partial charge in [-0.1, -0.05) is 11.6 Å². The van der Waals surface area contributed by atoms with Gasteiger partial charge >= 0.3 is 0 Å². The summed E-state index contributed by atoms with van der Waals surface area (Å²) >= 11 is 5.78. The minimum Gasteiger partial charge on any atom is -0.492 e. The summed E-state index contributed by atoms with van der Waals surface area (Å²) in [6, 6.07) is 7.13. The van der Waals surface area contributed by atoms with Gasteiger partial charge in [0.25, 0.3) is 0 Å². The van der Waals surface area contributed by atoms with Crippen molar-refractivity contribution in [2.24, 2.45) is 11.1 Å². The normalized spacial score (nSPS) is 10.7. The number of ether oxygens (including phenoxy) is 1. The van der Waals surface area contributed by atoms with Gasteiger partial charge in [-0.15, -0.1) is 12.4 Å². The van der Waals surface area contributed by atoms with E-state index in [1.807, 2.05) is 13.8 Å². The van der Waals surface area contributed by atoms with Gasteiger partial charge in [0.05, 0.1) is 12.0 Å². The van der Waals surface area contributed by atoms with Crippen LogP contribution >= 0.6 is 24.0 Å². The molecule has 0 saturated carbocycles. The van der Waals surface area contributed by atoms with E-state index in [1.54, 1.807) is 36.2 Å². The van der Waals surface area contributed by atoms with Crippen molar-refractivity contribution in [1.29, 1.82) is 0 Å². The van der Waals surface area contributed by atoms with Crippen molar-refractivity contribution in [3.63, 3.8) is 0 Å². The zero-order chi connectivity index (χ0) is 14.5. The lowest BCUT2D eigenvalue weighted by Gasteiger charge is -2.28. The zero-order valence-corrected chi connectivity index (χ0v) is 13.6. The van der Waals surface area contributed by atoms with Crippen molar-refractivity contribution in [1.82, 2.24) is 4.90 Å². The summed E-state index contributed by atoms with van der Waals surface area (Å²) in [4.78, 5) is 13.7. The van der Waals surface area contributed by atoms with E-state index in [0.29, 0.717) is 24.7 Å². The summed E-state index contributed by atoms with van der Waals surface area (Å²) in [5.41, 5.74) is 5.05. The Morgan fingerprint density at radius 1 is 1.35 bits per heavy atom. The van der Waals surface area contributed by atoms with Crippen LogP contribution in [0.5, 0.6) is 5.75 Å². The van der Waals surface area contributed by atoms with E-state index < -0.39 is 5.41 Å². The van der Waals surface area contributed by atoms with Crippen molar-refractivity contribution in [3.8, 4) is 5.75 Å². The first-order chi connectivity index (χ1) is 8.86. The van der Waals surface area contributed by atoms with E-state index in [9.17, 15) is 4.79 Å². The molecule has 0 aliphatic carbocycles. The highest BCUT2D eigenvalue weighted by Gasteiger charge is 2.28. The number of rotatable bonds is 6. The van der Waals surface area contributed by atoms with Crippen LogP contribution in [0.25, 0.3) is 0 Å². The molecule has 1 amide bonds. The van der Waals surface area contributed by atoms with Gasteiger partial charge in [-0.3, -0.25) is 4.79 Å². The predicted octanol–water partition coefficient (Wildman–Crippen LogP) is 2.58. The monoisotopic (exact) mass is 320 g/mol. The lowest BCUT2D eigenvalue weighted by molar-refractivity contribution is -0.138. The van der Waals surface area contributed by atoms with E-state index in [2.05, 4.69) is 0 Å². The van der Waals surface area contributed by atoms with Crippen molar-refractivity contribution in [3.05, 3.63) is 29.3 Å². The molecule has 0 saturated heterocycles. The van der Waals surface area contributed by atoms with Gasteiger partial charge in [0.15, 0.2) is 0 Å². The highest BCUT2D eigenvalue weighted by atomic mass is 35.5. The molecule has 0 aromatic heterocycles. The molecule has 0 heterocycles. The lowest BCUT2D eigenvalue weighted by Crippen LogP contribution is -2.44. The minimum absolute atomic E-state index is 0. The molecular formula is C14H22Cl2N2O2. The fourth-order valence-electron chi connectivity index (χ4n) is 1.54. The van der Waals surface area contributed by atoms with E-state index >= 15 is 0 Å². The Morgan fingerprint density at radius 2 is 1.90 bits per heavy atom. The Morgan fingerprint density at radius 3 is 2.40 bits per heavy atom. The average Bonchev–Trinajstić information content (AvgIpc) is 2.40. The topological polar surface area (TPSA) is 55.6 Å². The Hall–Kier alpha value is -0.970. The van der Waals surface area contributed by atoms with Gasteiger partial charge in [-0.25, -0.2) is 0 Å². The summed E-state index contributed by atoms with van der Waals surface area (Å²) in [5.74, 6) is 0.762. The number of hydrogen-bond acceptors (Lipinski definition) is 3. The number of hydrogen-bond donors (Lipinski definition) is 1. The Bertz CT molecular complexity index is 422. The fraction of sp³-hybridized carbons (Fsp3) is 0.500. The van der Waals surface area contributed by atoms with E-state index in [0.717, 1.165) is 5.75 Å². The molecule has 114 valence electrons. The second kappa shape index (κ2) is 8.35. The SMILES string of the molecule is CN(CCOc1ccc(Cl)cc1)C(=O)C(C)(C)CN.Cl. The minimum atomic E-state index is -0.533. The summed E-state index contributed by atoms with van der Waals surface area (Å²) in [6.07, 6.45) is 0. The van der Waals surface area contributed by atoms with E-state index in [-0.39, 0.29) is 18.3 Å². The molecule has 0 bridgehead atoms. The van der Waals surface area contributed by atoms with Crippen LogP contribution in [0.2, 0.25) is 5.02 Å². The molecule has 0 unspecified atom stereocenters. The van der Waals surface area contributed by atoms with Gasteiger partial charge in [0.1, 0.15) is 12.4 Å². The first kappa shape index (κ1) is 19.0. The number of benzene rings is 1. The molecule has 1 rings (SSSR count). The highest BCUT2D eigenvalue weighted by molar-refractivity contribution is 6.30. The van der Waals surface area contributed by atoms with Crippen LogP contribution in [0.4, 0.5) is 0 Å². The standard InChI is InChI=1S/C14H21ClN2O2.ClH/c1-14(2,10-16)13(18)17(3)8-9-19-12-6-4-11(15)5-7-12;/h4-7H,8-10,16H2,1-3H3;1H. The maximum absolute atomic E-state index is 12.1. The molecule has 1 aromatic carbocycles. The lowest BCUT2D eigenvalue weighted by atomic mass is 9.92. The molecule has 1 aromatic rings. The van der Waals surface area contributed by atoms with Gasteiger partial charge in [-0.2, -0.15) is 0 Å². The fourth-order valence-corrected chi connectivity index (χ4v) is 1.66. The van der Waals surface area contributed by atoms with Gasteiger partial charge in [-0.05, 0) is 38.1 Å². The molecule has 0 aliphatic rings. The Balaban J connectivity index is 0.00000361. The molecule has 0 aliphatic heterocycles. The van der Waals surface area contributed by atoms with Crippen LogP contribution in [0.1, 0.15) is 13.8 Å². The van der Waals surface area contributed by atoms with Crippen molar-refractivity contribution < 1.29 is 9.53 Å². The number of halogens is 2. The van der Waals surface area contributed by atoms with Crippen LogP contribution in [-0.2, 0) is 4.79 Å². The maximum Gasteiger partial charge on any atom is 0.229 e. The van der Waals surface area contributed by atoms with Crippen molar-refractivity contribution >= 4 is 29.9 Å². The number of carbonyl (C=O) groups excluding carboxylic acids is 1. The van der Waals surface area contributed by atoms with Crippen LogP contribution in [0.3, 0.4) is 0 Å². The summed E-state index contributed by atoms with van der Waals surface area (Å²) in [7, 11) is 1.75. The predicted molar refractivity (Wildman–Crippen MR) is 84.7 cm³/mol. The molecule has 6 heteroatoms. The largest absolute Gasteiger partial charge is 0.492 e. The van der Waals surface area contributed by atoms with Crippen LogP contribution < -0.4 is 10.5 Å². The Kier molecular flexibility index (Phi) is 7.94.